The monoisotopic (exact) mass is 336 g/mol. The number of benzene rings is 1. The van der Waals surface area contributed by atoms with Gasteiger partial charge >= 0.3 is 0 Å². The van der Waals surface area contributed by atoms with Crippen LogP contribution in [0.4, 0.5) is 0 Å². The van der Waals surface area contributed by atoms with Gasteiger partial charge in [0.1, 0.15) is 0 Å². The van der Waals surface area contributed by atoms with Gasteiger partial charge in [0.25, 0.3) is 0 Å². The Bertz CT molecular complexity index is 446. The fourth-order valence-electron chi connectivity index (χ4n) is 3.69. The molecule has 2 nitrogen and oxygen atoms in total. The van der Waals surface area contributed by atoms with Crippen LogP contribution in [0.5, 0.6) is 0 Å². The molecule has 2 heterocycles. The molecular weight excluding hydrogens is 312 g/mol. The highest BCUT2D eigenvalue weighted by Gasteiger charge is 2.28. The van der Waals surface area contributed by atoms with Gasteiger partial charge in [-0.2, -0.15) is 0 Å². The summed E-state index contributed by atoms with van der Waals surface area (Å²) >= 11 is 3.58. The minimum Gasteiger partial charge on any atom is -0.314 e. The summed E-state index contributed by atoms with van der Waals surface area (Å²) in [5.74, 6) is 0.917. The summed E-state index contributed by atoms with van der Waals surface area (Å²) in [7, 11) is 0. The Morgan fingerprint density at radius 3 is 2.70 bits per heavy atom. The number of piperidine rings is 1. The predicted molar refractivity (Wildman–Crippen MR) is 87.9 cm³/mol. The summed E-state index contributed by atoms with van der Waals surface area (Å²) in [5.41, 5.74) is 2.79. The average Bonchev–Trinajstić information content (AvgIpc) is 2.98. The third-order valence-electron chi connectivity index (χ3n) is 4.93. The van der Waals surface area contributed by atoms with E-state index in [9.17, 15) is 0 Å². The Morgan fingerprint density at radius 2 is 2.05 bits per heavy atom. The molecule has 2 fully saturated rings. The zero-order chi connectivity index (χ0) is 13.9. The van der Waals surface area contributed by atoms with E-state index in [0.29, 0.717) is 0 Å². The maximum atomic E-state index is 3.68. The van der Waals surface area contributed by atoms with Crippen LogP contribution in [0.3, 0.4) is 0 Å². The van der Waals surface area contributed by atoms with Crippen molar-refractivity contribution in [2.24, 2.45) is 5.92 Å². The van der Waals surface area contributed by atoms with Crippen molar-refractivity contribution in [1.29, 1.82) is 0 Å². The second-order valence-corrected chi connectivity index (χ2v) is 7.25. The first kappa shape index (κ1) is 14.6. The number of halogens is 1. The Hall–Kier alpha value is -0.380. The van der Waals surface area contributed by atoms with E-state index in [0.717, 1.165) is 18.5 Å². The van der Waals surface area contributed by atoms with Crippen molar-refractivity contribution in [2.45, 2.75) is 45.2 Å². The predicted octanol–water partition coefficient (Wildman–Crippen LogP) is 3.72. The maximum absolute atomic E-state index is 3.68. The van der Waals surface area contributed by atoms with E-state index >= 15 is 0 Å². The highest BCUT2D eigenvalue weighted by molar-refractivity contribution is 9.10. The Labute approximate surface area is 131 Å². The lowest BCUT2D eigenvalue weighted by Gasteiger charge is -2.35. The molecule has 2 saturated heterocycles. The van der Waals surface area contributed by atoms with Crippen molar-refractivity contribution < 1.29 is 0 Å². The van der Waals surface area contributed by atoms with Gasteiger partial charge in [-0.05, 0) is 75.4 Å². The summed E-state index contributed by atoms with van der Waals surface area (Å²) in [6.45, 7) is 7.05. The van der Waals surface area contributed by atoms with Crippen LogP contribution in [0.2, 0.25) is 0 Å². The Morgan fingerprint density at radius 1 is 1.25 bits per heavy atom. The van der Waals surface area contributed by atoms with E-state index in [4.69, 9.17) is 0 Å². The zero-order valence-corrected chi connectivity index (χ0v) is 14.0. The topological polar surface area (TPSA) is 15.3 Å². The van der Waals surface area contributed by atoms with Gasteiger partial charge in [0.05, 0.1) is 0 Å². The molecule has 0 saturated carbocycles. The van der Waals surface area contributed by atoms with Gasteiger partial charge in [-0.3, -0.25) is 4.90 Å². The normalized spacial score (nSPS) is 25.2. The molecule has 3 heteroatoms. The van der Waals surface area contributed by atoms with Gasteiger partial charge in [-0.15, -0.1) is 0 Å². The first-order chi connectivity index (χ1) is 9.72. The van der Waals surface area contributed by atoms with Crippen LogP contribution in [0.25, 0.3) is 0 Å². The molecule has 3 rings (SSSR count). The van der Waals surface area contributed by atoms with Crippen LogP contribution in [-0.2, 0) is 6.54 Å². The smallest absolute Gasteiger partial charge is 0.0233 e. The minimum absolute atomic E-state index is 0.812. The van der Waals surface area contributed by atoms with Gasteiger partial charge in [0.2, 0.25) is 0 Å². The number of rotatable bonds is 3. The van der Waals surface area contributed by atoms with E-state index in [1.807, 2.05) is 0 Å². The Balaban J connectivity index is 1.51. The highest BCUT2D eigenvalue weighted by Crippen LogP contribution is 2.26. The quantitative estimate of drug-likeness (QED) is 0.904. The number of likely N-dealkylation sites (tertiary alicyclic amines) is 1. The van der Waals surface area contributed by atoms with Crippen LogP contribution in [-0.4, -0.2) is 30.6 Å². The number of hydrogen-bond acceptors (Lipinski definition) is 2. The van der Waals surface area contributed by atoms with Gasteiger partial charge in [-0.1, -0.05) is 28.1 Å². The summed E-state index contributed by atoms with van der Waals surface area (Å²) in [6.07, 6.45) is 5.51. The van der Waals surface area contributed by atoms with Gasteiger partial charge in [0, 0.05) is 17.1 Å². The molecule has 1 N–H and O–H groups in total. The lowest BCUT2D eigenvalue weighted by Crippen LogP contribution is -2.40. The lowest BCUT2D eigenvalue weighted by molar-refractivity contribution is 0.157. The molecule has 1 atom stereocenters. The summed E-state index contributed by atoms with van der Waals surface area (Å²) in [6, 6.07) is 7.56. The van der Waals surface area contributed by atoms with E-state index in [1.54, 1.807) is 0 Å². The van der Waals surface area contributed by atoms with Crippen LogP contribution in [0, 0.1) is 12.8 Å². The average molecular weight is 337 g/mol. The molecule has 1 aromatic rings. The molecule has 0 aromatic heterocycles. The van der Waals surface area contributed by atoms with E-state index in [1.165, 1.54) is 60.9 Å². The third-order valence-corrected chi connectivity index (χ3v) is 5.82. The number of nitrogens with zero attached hydrogens (tertiary/aromatic N) is 1. The van der Waals surface area contributed by atoms with Gasteiger partial charge in [0.15, 0.2) is 0 Å². The Kier molecular flexibility index (Phi) is 4.79. The van der Waals surface area contributed by atoms with Crippen molar-refractivity contribution in [2.75, 3.05) is 19.6 Å². The molecule has 110 valence electrons. The maximum Gasteiger partial charge on any atom is 0.0233 e. The molecule has 2 aliphatic heterocycles. The van der Waals surface area contributed by atoms with Crippen molar-refractivity contribution in [1.82, 2.24) is 10.2 Å². The van der Waals surface area contributed by atoms with Crippen LogP contribution in [0.1, 0.15) is 36.8 Å². The van der Waals surface area contributed by atoms with Crippen LogP contribution in [0.15, 0.2) is 22.7 Å². The second kappa shape index (κ2) is 6.59. The molecule has 2 aliphatic rings. The third kappa shape index (κ3) is 3.44. The van der Waals surface area contributed by atoms with E-state index in [2.05, 4.69) is 51.3 Å². The van der Waals surface area contributed by atoms with Gasteiger partial charge in [-0.25, -0.2) is 0 Å². The van der Waals surface area contributed by atoms with Crippen LogP contribution < -0.4 is 5.32 Å². The highest BCUT2D eigenvalue weighted by atomic mass is 79.9. The number of nitrogens with one attached hydrogen (secondary N) is 1. The van der Waals surface area contributed by atoms with E-state index < -0.39 is 0 Å². The first-order valence-corrected chi connectivity index (χ1v) is 8.72. The minimum atomic E-state index is 0.812. The summed E-state index contributed by atoms with van der Waals surface area (Å²) in [5, 5.41) is 3.68. The molecule has 20 heavy (non-hydrogen) atoms. The van der Waals surface area contributed by atoms with Crippen molar-refractivity contribution in [3.8, 4) is 0 Å². The summed E-state index contributed by atoms with van der Waals surface area (Å²) < 4.78 is 1.22. The van der Waals surface area contributed by atoms with E-state index in [-0.39, 0.29) is 0 Å². The fraction of sp³-hybridized carbons (Fsp3) is 0.647. The molecule has 1 aromatic carbocycles. The summed E-state index contributed by atoms with van der Waals surface area (Å²) in [4.78, 5) is 2.62. The van der Waals surface area contributed by atoms with Crippen molar-refractivity contribution in [3.05, 3.63) is 33.8 Å². The molecule has 1 unspecified atom stereocenters. The number of hydrogen-bond donors (Lipinski definition) is 1. The number of aryl methyl sites for hydroxylation is 1. The van der Waals surface area contributed by atoms with Crippen LogP contribution >= 0.6 is 15.9 Å². The molecule has 0 bridgehead atoms. The largest absolute Gasteiger partial charge is 0.314 e. The van der Waals surface area contributed by atoms with Crippen molar-refractivity contribution >= 4 is 15.9 Å². The fourth-order valence-corrected chi connectivity index (χ4v) is 3.94. The van der Waals surface area contributed by atoms with Gasteiger partial charge < -0.3 is 5.32 Å². The lowest BCUT2D eigenvalue weighted by atomic mass is 9.88. The first-order valence-electron chi connectivity index (χ1n) is 7.93. The molecular formula is C17H25BrN2. The zero-order valence-electron chi connectivity index (χ0n) is 12.4. The molecule has 0 aliphatic carbocycles. The molecule has 0 spiro atoms. The second-order valence-electron chi connectivity index (χ2n) is 6.40. The molecule has 0 amide bonds. The SMILES string of the molecule is Cc1cc(CN2CCC(C3CCCN3)CC2)ccc1Br. The molecule has 0 radical (unpaired) electrons. The standard InChI is InChI=1S/C17H25BrN2/c1-13-11-14(4-5-16(13)18)12-20-9-6-15(7-10-20)17-3-2-8-19-17/h4-5,11,15,17,19H,2-3,6-10,12H2,1H3. The van der Waals surface area contributed by atoms with Crippen molar-refractivity contribution in [3.63, 3.8) is 0 Å².